The van der Waals surface area contributed by atoms with E-state index in [-0.39, 0.29) is 5.41 Å². The topological polar surface area (TPSA) is 77.0 Å². The van der Waals surface area contributed by atoms with Gasteiger partial charge in [0.25, 0.3) is 0 Å². The molecule has 1 aromatic heterocycles. The molecular formula is C19H33N5O. The first-order chi connectivity index (χ1) is 12.0. The van der Waals surface area contributed by atoms with Crippen molar-refractivity contribution in [1.29, 1.82) is 0 Å². The van der Waals surface area contributed by atoms with Crippen molar-refractivity contribution < 1.29 is 4.79 Å². The second kappa shape index (κ2) is 7.85. The predicted molar refractivity (Wildman–Crippen MR) is 98.0 cm³/mol. The van der Waals surface area contributed by atoms with Crippen LogP contribution in [0.4, 0.5) is 0 Å². The Hall–Kier alpha value is -1.43. The maximum Gasteiger partial charge on any atom is 0.223 e. The maximum atomic E-state index is 12.9. The molecule has 6 nitrogen and oxygen atoms in total. The number of aromatic nitrogens is 3. The number of rotatable bonds is 5. The van der Waals surface area contributed by atoms with Crippen LogP contribution in [0.5, 0.6) is 0 Å². The van der Waals surface area contributed by atoms with Gasteiger partial charge in [0.2, 0.25) is 5.91 Å². The van der Waals surface area contributed by atoms with Crippen LogP contribution in [0.25, 0.3) is 0 Å². The number of aryl methyl sites for hydroxylation is 2. The molecular weight excluding hydrogens is 314 g/mol. The van der Waals surface area contributed by atoms with Crippen LogP contribution < -0.4 is 5.73 Å². The lowest BCUT2D eigenvalue weighted by Crippen LogP contribution is -2.45. The highest BCUT2D eigenvalue weighted by atomic mass is 16.2. The highest BCUT2D eigenvalue weighted by Gasteiger charge is 2.35. The summed E-state index contributed by atoms with van der Waals surface area (Å²) < 4.78 is 2.00. The second-order valence-corrected chi connectivity index (χ2v) is 8.18. The number of carbonyl (C=O) groups excluding carboxylic acids is 1. The van der Waals surface area contributed by atoms with Gasteiger partial charge in [-0.1, -0.05) is 19.3 Å². The molecule has 1 aliphatic carbocycles. The summed E-state index contributed by atoms with van der Waals surface area (Å²) in [6, 6.07) is 0. The van der Waals surface area contributed by atoms with Gasteiger partial charge in [0.05, 0.1) is 0 Å². The van der Waals surface area contributed by atoms with Crippen molar-refractivity contribution in [3.63, 3.8) is 0 Å². The molecule has 1 amide bonds. The van der Waals surface area contributed by atoms with Gasteiger partial charge in [-0.2, -0.15) is 5.10 Å². The fourth-order valence-corrected chi connectivity index (χ4v) is 4.61. The van der Waals surface area contributed by atoms with Crippen molar-refractivity contribution in [2.24, 2.45) is 17.1 Å². The van der Waals surface area contributed by atoms with Gasteiger partial charge in [-0.3, -0.25) is 4.79 Å². The minimum Gasteiger partial charge on any atom is -0.342 e. The second-order valence-electron chi connectivity index (χ2n) is 8.18. The standard InChI is InChI=1S/C19H33N5O/c1-15-21-16(2)24(22-15)13-17-7-6-10-23(12-17)18(25)11-19(14-20)8-4-3-5-9-19/h17H,3-14,20H2,1-2H3. The number of nitrogens with two attached hydrogens (primary N) is 1. The predicted octanol–water partition coefficient (Wildman–Crippen LogP) is 2.43. The first-order valence-corrected chi connectivity index (χ1v) is 9.87. The summed E-state index contributed by atoms with van der Waals surface area (Å²) in [6.07, 6.45) is 8.84. The molecule has 1 unspecified atom stereocenters. The number of amides is 1. The maximum absolute atomic E-state index is 12.9. The molecule has 0 radical (unpaired) electrons. The molecule has 2 aliphatic rings. The van der Waals surface area contributed by atoms with Crippen LogP contribution in [0.1, 0.15) is 63.0 Å². The first-order valence-electron chi connectivity index (χ1n) is 9.87. The smallest absolute Gasteiger partial charge is 0.223 e. The lowest BCUT2D eigenvalue weighted by Gasteiger charge is -2.39. The van der Waals surface area contributed by atoms with E-state index in [1.807, 2.05) is 18.5 Å². The van der Waals surface area contributed by atoms with E-state index in [0.717, 1.165) is 57.0 Å². The van der Waals surface area contributed by atoms with Gasteiger partial charge in [-0.25, -0.2) is 9.67 Å². The minimum absolute atomic E-state index is 0.0574. The van der Waals surface area contributed by atoms with Gasteiger partial charge < -0.3 is 10.6 Å². The number of carbonyl (C=O) groups is 1. The average Bonchev–Trinajstić information content (AvgIpc) is 2.93. The molecule has 6 heteroatoms. The minimum atomic E-state index is 0.0574. The molecule has 2 heterocycles. The average molecular weight is 348 g/mol. The monoisotopic (exact) mass is 347 g/mol. The molecule has 1 saturated carbocycles. The van der Waals surface area contributed by atoms with Crippen molar-refractivity contribution in [1.82, 2.24) is 19.7 Å². The summed E-state index contributed by atoms with van der Waals surface area (Å²) in [5.41, 5.74) is 6.13. The number of hydrogen-bond donors (Lipinski definition) is 1. The molecule has 1 aromatic rings. The first kappa shape index (κ1) is 18.4. The molecule has 0 aromatic carbocycles. The zero-order valence-corrected chi connectivity index (χ0v) is 15.8. The quantitative estimate of drug-likeness (QED) is 0.887. The molecule has 1 saturated heterocycles. The van der Waals surface area contributed by atoms with E-state index < -0.39 is 0 Å². The molecule has 1 atom stereocenters. The van der Waals surface area contributed by atoms with Gasteiger partial charge in [0, 0.05) is 26.1 Å². The summed E-state index contributed by atoms with van der Waals surface area (Å²) in [4.78, 5) is 19.4. The van der Waals surface area contributed by atoms with Gasteiger partial charge >= 0.3 is 0 Å². The van der Waals surface area contributed by atoms with Crippen molar-refractivity contribution in [3.05, 3.63) is 11.6 Å². The van der Waals surface area contributed by atoms with Crippen LogP contribution >= 0.6 is 0 Å². The zero-order chi connectivity index (χ0) is 17.9. The zero-order valence-electron chi connectivity index (χ0n) is 15.8. The molecule has 25 heavy (non-hydrogen) atoms. The Kier molecular flexibility index (Phi) is 5.77. The van der Waals surface area contributed by atoms with Crippen molar-refractivity contribution in [2.75, 3.05) is 19.6 Å². The Morgan fingerprint density at radius 1 is 1.24 bits per heavy atom. The highest BCUT2D eigenvalue weighted by Crippen LogP contribution is 2.39. The van der Waals surface area contributed by atoms with Crippen LogP contribution in [0, 0.1) is 25.2 Å². The van der Waals surface area contributed by atoms with E-state index in [0.29, 0.717) is 24.8 Å². The van der Waals surface area contributed by atoms with Crippen molar-refractivity contribution in [3.8, 4) is 0 Å². The molecule has 2 fully saturated rings. The number of nitrogens with zero attached hydrogens (tertiary/aromatic N) is 4. The Labute approximate surface area is 151 Å². The third-order valence-corrected chi connectivity index (χ3v) is 6.14. The third kappa shape index (κ3) is 4.40. The van der Waals surface area contributed by atoms with Gasteiger partial charge in [-0.15, -0.1) is 0 Å². The van der Waals surface area contributed by atoms with E-state index in [1.54, 1.807) is 0 Å². The molecule has 3 rings (SSSR count). The molecule has 140 valence electrons. The van der Waals surface area contributed by atoms with Crippen LogP contribution in [0.2, 0.25) is 0 Å². The fourth-order valence-electron chi connectivity index (χ4n) is 4.61. The summed E-state index contributed by atoms with van der Waals surface area (Å²) in [7, 11) is 0. The molecule has 0 bridgehead atoms. The number of hydrogen-bond acceptors (Lipinski definition) is 4. The van der Waals surface area contributed by atoms with Gasteiger partial charge in [-0.05, 0) is 57.4 Å². The van der Waals surface area contributed by atoms with E-state index in [2.05, 4.69) is 15.0 Å². The number of piperidine rings is 1. The van der Waals surface area contributed by atoms with E-state index in [1.165, 1.54) is 19.3 Å². The van der Waals surface area contributed by atoms with Gasteiger partial charge in [0.1, 0.15) is 11.6 Å². The normalized spacial score (nSPS) is 23.6. The van der Waals surface area contributed by atoms with Gasteiger partial charge in [0.15, 0.2) is 0 Å². The Bertz CT molecular complexity index is 591. The fraction of sp³-hybridized carbons (Fsp3) is 0.842. The van der Waals surface area contributed by atoms with Crippen LogP contribution in [0.15, 0.2) is 0 Å². The summed E-state index contributed by atoms with van der Waals surface area (Å²) in [6.45, 7) is 7.17. The third-order valence-electron chi connectivity index (χ3n) is 6.14. The highest BCUT2D eigenvalue weighted by molar-refractivity contribution is 5.77. The van der Waals surface area contributed by atoms with Crippen molar-refractivity contribution >= 4 is 5.91 Å². The van der Waals surface area contributed by atoms with Crippen LogP contribution in [-0.2, 0) is 11.3 Å². The van der Waals surface area contributed by atoms with Crippen LogP contribution in [-0.4, -0.2) is 45.2 Å². The molecule has 2 N–H and O–H groups in total. The SMILES string of the molecule is Cc1nc(C)n(CC2CCCN(C(=O)CC3(CN)CCCCC3)C2)n1. The summed E-state index contributed by atoms with van der Waals surface area (Å²) in [5.74, 6) is 2.56. The number of likely N-dealkylation sites (tertiary alicyclic amines) is 1. The Morgan fingerprint density at radius 2 is 2.00 bits per heavy atom. The van der Waals surface area contributed by atoms with Crippen LogP contribution in [0.3, 0.4) is 0 Å². The summed E-state index contributed by atoms with van der Waals surface area (Å²) in [5, 5.41) is 4.48. The van der Waals surface area contributed by atoms with E-state index in [4.69, 9.17) is 5.73 Å². The van der Waals surface area contributed by atoms with Crippen molar-refractivity contribution in [2.45, 2.75) is 71.8 Å². The Balaban J connectivity index is 1.58. The van der Waals surface area contributed by atoms with E-state index >= 15 is 0 Å². The lowest BCUT2D eigenvalue weighted by atomic mass is 9.71. The lowest BCUT2D eigenvalue weighted by molar-refractivity contribution is -0.136. The Morgan fingerprint density at radius 3 is 2.64 bits per heavy atom. The van der Waals surface area contributed by atoms with E-state index in [9.17, 15) is 4.79 Å². The largest absolute Gasteiger partial charge is 0.342 e. The molecule has 0 spiro atoms. The summed E-state index contributed by atoms with van der Waals surface area (Å²) >= 11 is 0. The molecule has 1 aliphatic heterocycles.